The monoisotopic (exact) mass is 941 g/mol. The third kappa shape index (κ3) is 11.7. The lowest BCUT2D eigenvalue weighted by Crippen LogP contribution is -2.38. The van der Waals surface area contributed by atoms with E-state index in [2.05, 4.69) is 25.4 Å². The highest BCUT2D eigenvalue weighted by Gasteiger charge is 2.38. The standard InChI is InChI=1S/C46H51N7O11S2/c1-30-37(9-8-10-38(30)44(54)55)39-23-24-40(65(57,58)48-26-25-47-45(56)64-46(2,3)4)42(41(39)43-49-51-53(50-43)29-33-15-21-36(63-7)22-16-33)66(59,60)52(27-31-11-17-34(61-5)18-12-31)28-32-13-19-35(62-6)20-14-32/h8-24,48H,25-29H2,1-7H3,(H,47,56)(H,54,55). The van der Waals surface area contributed by atoms with Crippen molar-refractivity contribution in [3.8, 4) is 39.8 Å². The van der Waals surface area contributed by atoms with Gasteiger partial charge in [-0.3, -0.25) is 0 Å². The number of carboxylic acid groups (broad SMARTS) is 1. The zero-order valence-electron chi connectivity index (χ0n) is 37.4. The average molecular weight is 942 g/mol. The van der Waals surface area contributed by atoms with Crippen molar-refractivity contribution in [1.82, 2.24) is 34.6 Å². The molecular formula is C46H51N7O11S2. The molecule has 348 valence electrons. The summed E-state index contributed by atoms with van der Waals surface area (Å²) >= 11 is 0. The fraction of sp³-hybridized carbons (Fsp3) is 0.283. The summed E-state index contributed by atoms with van der Waals surface area (Å²) in [6, 6.07) is 27.6. The first-order valence-electron chi connectivity index (χ1n) is 20.5. The second-order valence-electron chi connectivity index (χ2n) is 15.9. The number of alkyl carbamates (subject to hydrolysis) is 1. The smallest absolute Gasteiger partial charge is 0.407 e. The summed E-state index contributed by atoms with van der Waals surface area (Å²) in [5.41, 5.74) is 1.30. The zero-order valence-corrected chi connectivity index (χ0v) is 39.1. The number of benzene rings is 5. The number of methoxy groups -OCH3 is 3. The molecule has 1 amide bonds. The van der Waals surface area contributed by atoms with Gasteiger partial charge < -0.3 is 29.4 Å². The Hall–Kier alpha value is -6.87. The molecule has 0 bridgehead atoms. The molecule has 0 aliphatic rings. The Balaban J connectivity index is 1.61. The molecule has 66 heavy (non-hydrogen) atoms. The van der Waals surface area contributed by atoms with E-state index >= 15 is 8.42 Å². The molecule has 0 spiro atoms. The molecule has 20 heteroatoms. The first-order valence-corrected chi connectivity index (χ1v) is 23.4. The van der Waals surface area contributed by atoms with Crippen LogP contribution in [-0.2, 0) is 44.4 Å². The van der Waals surface area contributed by atoms with Gasteiger partial charge >= 0.3 is 12.1 Å². The van der Waals surface area contributed by atoms with Crippen molar-refractivity contribution in [2.24, 2.45) is 0 Å². The van der Waals surface area contributed by atoms with Crippen LogP contribution in [0.25, 0.3) is 22.5 Å². The molecule has 1 heterocycles. The highest BCUT2D eigenvalue weighted by molar-refractivity contribution is 7.92. The van der Waals surface area contributed by atoms with Crippen LogP contribution in [0, 0.1) is 6.92 Å². The molecule has 6 rings (SSSR count). The third-order valence-electron chi connectivity index (χ3n) is 10.1. The number of carboxylic acids is 1. The lowest BCUT2D eigenvalue weighted by molar-refractivity contribution is 0.0528. The Morgan fingerprint density at radius 3 is 1.79 bits per heavy atom. The topological polar surface area (TPSA) is 230 Å². The molecule has 0 radical (unpaired) electrons. The number of tetrazole rings is 1. The molecule has 6 aromatic rings. The van der Waals surface area contributed by atoms with E-state index in [1.807, 2.05) is 0 Å². The Labute approximate surface area is 383 Å². The van der Waals surface area contributed by atoms with Crippen LogP contribution in [-0.4, -0.2) is 98.5 Å². The number of nitrogens with zero attached hydrogens (tertiary/aromatic N) is 5. The minimum absolute atomic E-state index is 0.0736. The minimum atomic E-state index is -5.00. The maximum absolute atomic E-state index is 15.9. The Kier molecular flexibility index (Phi) is 15.1. The van der Waals surface area contributed by atoms with Gasteiger partial charge in [0.1, 0.15) is 32.6 Å². The van der Waals surface area contributed by atoms with Crippen molar-refractivity contribution in [2.75, 3.05) is 34.4 Å². The Morgan fingerprint density at radius 1 is 0.727 bits per heavy atom. The van der Waals surface area contributed by atoms with Gasteiger partial charge in [0.25, 0.3) is 0 Å². The number of ether oxygens (including phenoxy) is 4. The van der Waals surface area contributed by atoms with Gasteiger partial charge in [-0.05, 0) is 115 Å². The third-order valence-corrected chi connectivity index (χ3v) is 13.7. The number of sulfonamides is 2. The Morgan fingerprint density at radius 2 is 1.27 bits per heavy atom. The van der Waals surface area contributed by atoms with Crippen LogP contribution >= 0.6 is 0 Å². The highest BCUT2D eigenvalue weighted by Crippen LogP contribution is 2.42. The average Bonchev–Trinajstić information content (AvgIpc) is 3.75. The van der Waals surface area contributed by atoms with E-state index in [1.165, 1.54) is 44.3 Å². The second kappa shape index (κ2) is 20.5. The van der Waals surface area contributed by atoms with E-state index < -0.39 is 47.5 Å². The molecule has 0 saturated heterocycles. The number of hydrogen-bond acceptors (Lipinski definition) is 13. The molecule has 0 unspecified atom stereocenters. The van der Waals surface area contributed by atoms with Gasteiger partial charge in [0, 0.05) is 26.2 Å². The maximum Gasteiger partial charge on any atom is 0.407 e. The summed E-state index contributed by atoms with van der Waals surface area (Å²) < 4.78 is 86.0. The molecule has 0 saturated carbocycles. The van der Waals surface area contributed by atoms with Crippen LogP contribution in [0.1, 0.15) is 53.4 Å². The molecule has 0 aliphatic heterocycles. The predicted molar refractivity (Wildman–Crippen MR) is 244 cm³/mol. The van der Waals surface area contributed by atoms with Crippen molar-refractivity contribution in [3.63, 3.8) is 0 Å². The summed E-state index contributed by atoms with van der Waals surface area (Å²) in [6.07, 6.45) is -0.785. The Bertz CT molecular complexity index is 2850. The molecule has 0 fully saturated rings. The number of hydrogen-bond donors (Lipinski definition) is 3. The normalized spacial score (nSPS) is 11.9. The van der Waals surface area contributed by atoms with Crippen LogP contribution in [0.3, 0.4) is 0 Å². The number of aromatic carboxylic acids is 1. The molecule has 0 atom stereocenters. The quantitative estimate of drug-likeness (QED) is 0.0759. The first-order chi connectivity index (χ1) is 31.3. The first kappa shape index (κ1) is 48.6. The van der Waals surface area contributed by atoms with Gasteiger partial charge in [0.15, 0.2) is 0 Å². The summed E-state index contributed by atoms with van der Waals surface area (Å²) in [4.78, 5) is 24.7. The van der Waals surface area contributed by atoms with E-state index in [-0.39, 0.29) is 66.4 Å². The SMILES string of the molecule is COc1ccc(CN(Cc2ccc(OC)cc2)S(=O)(=O)c2c(S(=O)(=O)NCCNC(=O)OC(C)(C)C)ccc(-c3cccc(C(=O)O)c3C)c2-c2nnn(Cc3ccc(OC)cc3)n2)cc1. The molecular weight excluding hydrogens is 891 g/mol. The minimum Gasteiger partial charge on any atom is -0.497 e. The van der Waals surface area contributed by atoms with Crippen LogP contribution in [0.15, 0.2) is 113 Å². The van der Waals surface area contributed by atoms with Gasteiger partial charge in [-0.25, -0.2) is 31.1 Å². The van der Waals surface area contributed by atoms with E-state index in [0.717, 1.165) is 15.9 Å². The summed E-state index contributed by atoms with van der Waals surface area (Å²) in [5.74, 6) is 0.171. The maximum atomic E-state index is 15.9. The number of nitrogens with one attached hydrogen (secondary N) is 2. The lowest BCUT2D eigenvalue weighted by Gasteiger charge is -2.26. The molecule has 0 aliphatic carbocycles. The van der Waals surface area contributed by atoms with Gasteiger partial charge in [0.05, 0.1) is 39.0 Å². The number of carbonyl (C=O) groups excluding carboxylic acids is 1. The fourth-order valence-corrected chi connectivity index (χ4v) is 10.3. The van der Waals surface area contributed by atoms with Gasteiger partial charge in [-0.1, -0.05) is 54.6 Å². The van der Waals surface area contributed by atoms with Gasteiger partial charge in [-0.15, -0.1) is 10.2 Å². The van der Waals surface area contributed by atoms with Crippen molar-refractivity contribution in [1.29, 1.82) is 0 Å². The number of carbonyl (C=O) groups is 2. The van der Waals surface area contributed by atoms with Crippen molar-refractivity contribution in [3.05, 3.63) is 131 Å². The molecule has 18 nitrogen and oxygen atoms in total. The lowest BCUT2D eigenvalue weighted by atomic mass is 9.93. The van der Waals surface area contributed by atoms with Gasteiger partial charge in [-0.2, -0.15) is 9.10 Å². The van der Waals surface area contributed by atoms with Crippen LogP contribution < -0.4 is 24.2 Å². The number of rotatable bonds is 19. The molecule has 1 aromatic heterocycles. The van der Waals surface area contributed by atoms with E-state index in [9.17, 15) is 23.1 Å². The molecule has 5 aromatic carbocycles. The second-order valence-corrected chi connectivity index (χ2v) is 19.5. The van der Waals surface area contributed by atoms with Crippen LogP contribution in [0.2, 0.25) is 0 Å². The summed E-state index contributed by atoms with van der Waals surface area (Å²) in [5, 5.41) is 25.9. The highest BCUT2D eigenvalue weighted by atomic mass is 32.2. The van der Waals surface area contributed by atoms with E-state index in [1.54, 1.807) is 107 Å². The predicted octanol–water partition coefficient (Wildman–Crippen LogP) is 6.28. The van der Waals surface area contributed by atoms with Crippen molar-refractivity contribution >= 4 is 32.1 Å². The number of aromatic nitrogens is 4. The van der Waals surface area contributed by atoms with Crippen molar-refractivity contribution < 1.29 is 50.5 Å². The summed E-state index contributed by atoms with van der Waals surface area (Å²) in [7, 11) is -5.24. The van der Waals surface area contributed by atoms with Gasteiger partial charge in [0.2, 0.25) is 25.9 Å². The van der Waals surface area contributed by atoms with E-state index in [0.29, 0.717) is 28.4 Å². The molecule has 3 N–H and O–H groups in total. The van der Waals surface area contributed by atoms with Crippen LogP contribution in [0.4, 0.5) is 4.79 Å². The number of amides is 1. The largest absolute Gasteiger partial charge is 0.497 e. The van der Waals surface area contributed by atoms with E-state index in [4.69, 9.17) is 18.9 Å². The zero-order chi connectivity index (χ0) is 47.8. The van der Waals surface area contributed by atoms with Crippen molar-refractivity contribution in [2.45, 2.75) is 62.7 Å². The summed E-state index contributed by atoms with van der Waals surface area (Å²) in [6.45, 7) is 5.59. The van der Waals surface area contributed by atoms with Crippen LogP contribution in [0.5, 0.6) is 17.2 Å². The fourth-order valence-electron chi connectivity index (χ4n) is 6.91.